The Kier molecular flexibility index (Phi) is 3.35. The van der Waals surface area contributed by atoms with Gasteiger partial charge >= 0.3 is 0 Å². The summed E-state index contributed by atoms with van der Waals surface area (Å²) in [6, 6.07) is 4.26. The van der Waals surface area contributed by atoms with E-state index in [0.29, 0.717) is 5.69 Å². The molecule has 1 aromatic heterocycles. The number of nitrogens with zero attached hydrogens (tertiary/aromatic N) is 2. The van der Waals surface area contributed by atoms with Crippen LogP contribution in [0.2, 0.25) is 4.47 Å². The van der Waals surface area contributed by atoms with Crippen LogP contribution in [0.3, 0.4) is 0 Å². The van der Waals surface area contributed by atoms with Crippen LogP contribution in [0.1, 0.15) is 15.4 Å². The number of hydrogen-bond donors (Lipinski definition) is 1. The van der Waals surface area contributed by atoms with Gasteiger partial charge in [-0.15, -0.1) is 10.2 Å². The number of carbonyl (C=O) groups is 1. The van der Waals surface area contributed by atoms with Crippen LogP contribution >= 0.6 is 22.9 Å². The summed E-state index contributed by atoms with van der Waals surface area (Å²) < 4.78 is 13.3. The molecule has 0 spiro atoms. The summed E-state index contributed by atoms with van der Waals surface area (Å²) in [5, 5.41) is 9.76. The molecule has 1 aromatic carbocycles. The van der Waals surface area contributed by atoms with Crippen LogP contribution in [0.15, 0.2) is 18.2 Å². The van der Waals surface area contributed by atoms with Gasteiger partial charge in [-0.1, -0.05) is 11.3 Å². The van der Waals surface area contributed by atoms with Gasteiger partial charge in [-0.25, -0.2) is 4.39 Å². The Labute approximate surface area is 105 Å². The summed E-state index contributed by atoms with van der Waals surface area (Å²) in [6.07, 6.45) is 0. The Morgan fingerprint density at radius 1 is 1.41 bits per heavy atom. The third-order valence-electron chi connectivity index (χ3n) is 1.89. The second kappa shape index (κ2) is 4.77. The highest BCUT2D eigenvalue weighted by molar-refractivity contribution is 7.17. The van der Waals surface area contributed by atoms with E-state index < -0.39 is 11.7 Å². The zero-order valence-electron chi connectivity index (χ0n) is 8.70. The second-order valence-electron chi connectivity index (χ2n) is 3.33. The number of anilines is 1. The maximum atomic E-state index is 13.1. The largest absolute Gasteiger partial charge is 0.320 e. The van der Waals surface area contributed by atoms with Gasteiger partial charge < -0.3 is 5.32 Å². The molecule has 0 unspecified atom stereocenters. The SMILES string of the molecule is Cc1cc(F)cc(NC(=O)c2nnc(Cl)s2)c1. The lowest BCUT2D eigenvalue weighted by Crippen LogP contribution is -2.11. The van der Waals surface area contributed by atoms with Gasteiger partial charge in [-0.2, -0.15) is 0 Å². The normalized spacial score (nSPS) is 10.3. The van der Waals surface area contributed by atoms with Crippen molar-refractivity contribution in [3.05, 3.63) is 39.1 Å². The van der Waals surface area contributed by atoms with E-state index in [-0.39, 0.29) is 9.47 Å². The third-order valence-corrected chi connectivity index (χ3v) is 2.91. The molecule has 1 N–H and O–H groups in total. The van der Waals surface area contributed by atoms with Gasteiger partial charge in [0, 0.05) is 5.69 Å². The van der Waals surface area contributed by atoms with E-state index in [1.807, 2.05) is 0 Å². The lowest BCUT2D eigenvalue weighted by molar-refractivity contribution is 0.102. The van der Waals surface area contributed by atoms with Gasteiger partial charge in [0.25, 0.3) is 5.91 Å². The maximum absolute atomic E-state index is 13.1. The van der Waals surface area contributed by atoms with Crippen LogP contribution in [0.25, 0.3) is 0 Å². The molecular weight excluding hydrogens is 265 g/mol. The van der Waals surface area contributed by atoms with E-state index in [9.17, 15) is 9.18 Å². The number of aryl methyl sites for hydroxylation is 1. The number of carbonyl (C=O) groups excluding carboxylic acids is 1. The van der Waals surface area contributed by atoms with Crippen molar-refractivity contribution in [3.63, 3.8) is 0 Å². The van der Waals surface area contributed by atoms with Crippen molar-refractivity contribution < 1.29 is 9.18 Å². The van der Waals surface area contributed by atoms with E-state index >= 15 is 0 Å². The van der Waals surface area contributed by atoms with Gasteiger partial charge in [0.2, 0.25) is 9.47 Å². The molecular formula is C10H7ClFN3OS. The first-order valence-electron chi connectivity index (χ1n) is 4.62. The standard InChI is InChI=1S/C10H7ClFN3OS/c1-5-2-6(12)4-7(3-5)13-8(16)9-14-15-10(11)17-9/h2-4H,1H3,(H,13,16). The van der Waals surface area contributed by atoms with Crippen LogP contribution < -0.4 is 5.32 Å². The van der Waals surface area contributed by atoms with Crippen molar-refractivity contribution in [1.82, 2.24) is 10.2 Å². The Morgan fingerprint density at radius 3 is 2.76 bits per heavy atom. The van der Waals surface area contributed by atoms with Crippen LogP contribution in [0.5, 0.6) is 0 Å². The fraction of sp³-hybridized carbons (Fsp3) is 0.100. The topological polar surface area (TPSA) is 54.9 Å². The van der Waals surface area contributed by atoms with Gasteiger partial charge in [0.15, 0.2) is 0 Å². The van der Waals surface area contributed by atoms with E-state index in [4.69, 9.17) is 11.6 Å². The molecule has 0 saturated carbocycles. The Hall–Kier alpha value is -1.53. The minimum Gasteiger partial charge on any atom is -0.320 e. The second-order valence-corrected chi connectivity index (χ2v) is 4.89. The van der Waals surface area contributed by atoms with Crippen LogP contribution in [0.4, 0.5) is 10.1 Å². The quantitative estimate of drug-likeness (QED) is 0.914. The third kappa shape index (κ3) is 2.98. The minimum absolute atomic E-state index is 0.136. The molecule has 2 aromatic rings. The molecule has 0 radical (unpaired) electrons. The highest BCUT2D eigenvalue weighted by atomic mass is 35.5. The monoisotopic (exact) mass is 271 g/mol. The first kappa shape index (κ1) is 11.9. The summed E-state index contributed by atoms with van der Waals surface area (Å²) in [5.41, 5.74) is 1.09. The molecule has 1 amide bonds. The molecule has 0 fully saturated rings. The molecule has 7 heteroatoms. The molecule has 88 valence electrons. The van der Waals surface area contributed by atoms with Crippen LogP contribution in [-0.4, -0.2) is 16.1 Å². The van der Waals surface area contributed by atoms with E-state index in [1.54, 1.807) is 13.0 Å². The van der Waals surface area contributed by atoms with Crippen molar-refractivity contribution >= 4 is 34.5 Å². The number of amides is 1. The summed E-state index contributed by atoms with van der Waals surface area (Å²) in [5.74, 6) is -0.866. The zero-order valence-corrected chi connectivity index (χ0v) is 10.3. The predicted molar refractivity (Wildman–Crippen MR) is 64.0 cm³/mol. The first-order chi connectivity index (χ1) is 8.04. The molecule has 17 heavy (non-hydrogen) atoms. The number of hydrogen-bond acceptors (Lipinski definition) is 4. The molecule has 0 aliphatic rings. The Morgan fingerprint density at radius 2 is 2.18 bits per heavy atom. The molecule has 1 heterocycles. The minimum atomic E-state index is -0.459. The number of rotatable bonds is 2. The molecule has 0 aliphatic carbocycles. The van der Waals surface area contributed by atoms with Crippen molar-refractivity contribution in [2.24, 2.45) is 0 Å². The van der Waals surface area contributed by atoms with Gasteiger partial charge in [-0.05, 0) is 42.3 Å². The van der Waals surface area contributed by atoms with Gasteiger partial charge in [0.05, 0.1) is 0 Å². The summed E-state index contributed by atoms with van der Waals surface area (Å²) in [6.45, 7) is 1.74. The van der Waals surface area contributed by atoms with Crippen molar-refractivity contribution in [2.75, 3.05) is 5.32 Å². The van der Waals surface area contributed by atoms with Crippen molar-refractivity contribution in [1.29, 1.82) is 0 Å². The van der Waals surface area contributed by atoms with E-state index in [1.165, 1.54) is 12.1 Å². The average molecular weight is 272 g/mol. The summed E-state index contributed by atoms with van der Waals surface area (Å²) in [4.78, 5) is 11.7. The zero-order chi connectivity index (χ0) is 12.4. The number of aromatic nitrogens is 2. The summed E-state index contributed by atoms with van der Waals surface area (Å²) >= 11 is 6.52. The Balaban J connectivity index is 2.18. The van der Waals surface area contributed by atoms with Crippen molar-refractivity contribution in [3.8, 4) is 0 Å². The van der Waals surface area contributed by atoms with E-state index in [2.05, 4.69) is 15.5 Å². The molecule has 0 aliphatic heterocycles. The fourth-order valence-corrected chi connectivity index (χ4v) is 2.01. The average Bonchev–Trinajstić information content (AvgIpc) is 2.63. The fourth-order valence-electron chi connectivity index (χ4n) is 1.29. The number of halogens is 2. The molecule has 2 rings (SSSR count). The lowest BCUT2D eigenvalue weighted by Gasteiger charge is -2.03. The molecule has 4 nitrogen and oxygen atoms in total. The van der Waals surface area contributed by atoms with Gasteiger partial charge in [-0.3, -0.25) is 4.79 Å². The highest BCUT2D eigenvalue weighted by Gasteiger charge is 2.12. The smallest absolute Gasteiger partial charge is 0.286 e. The van der Waals surface area contributed by atoms with E-state index in [0.717, 1.165) is 16.9 Å². The summed E-state index contributed by atoms with van der Waals surface area (Å²) in [7, 11) is 0. The number of benzene rings is 1. The van der Waals surface area contributed by atoms with Crippen molar-refractivity contribution in [2.45, 2.75) is 6.92 Å². The van der Waals surface area contributed by atoms with Crippen LogP contribution in [-0.2, 0) is 0 Å². The highest BCUT2D eigenvalue weighted by Crippen LogP contribution is 2.18. The van der Waals surface area contributed by atoms with Crippen LogP contribution in [0, 0.1) is 12.7 Å². The lowest BCUT2D eigenvalue weighted by atomic mass is 10.2. The number of nitrogens with one attached hydrogen (secondary N) is 1. The molecule has 0 atom stereocenters. The predicted octanol–water partition coefficient (Wildman–Crippen LogP) is 2.89. The Bertz CT molecular complexity index is 552. The van der Waals surface area contributed by atoms with Gasteiger partial charge in [0.1, 0.15) is 5.82 Å². The molecule has 0 bridgehead atoms. The molecule has 0 saturated heterocycles. The first-order valence-corrected chi connectivity index (χ1v) is 5.81. The maximum Gasteiger partial charge on any atom is 0.286 e.